The highest BCUT2D eigenvalue weighted by molar-refractivity contribution is 5.95. The van der Waals surface area contributed by atoms with E-state index in [4.69, 9.17) is 14.2 Å². The first-order valence-corrected chi connectivity index (χ1v) is 7.27. The van der Waals surface area contributed by atoms with Gasteiger partial charge in [0.15, 0.2) is 17.8 Å². The van der Waals surface area contributed by atoms with Crippen molar-refractivity contribution in [2.75, 3.05) is 13.7 Å². The molecule has 0 radical (unpaired) electrons. The molecule has 120 valence electrons. The fourth-order valence-corrected chi connectivity index (χ4v) is 2.02. The van der Waals surface area contributed by atoms with Gasteiger partial charge in [-0.15, -0.1) is 0 Å². The van der Waals surface area contributed by atoms with E-state index in [1.54, 1.807) is 42.5 Å². The summed E-state index contributed by atoms with van der Waals surface area (Å²) in [6.07, 6.45) is 1.44. The molecule has 0 bridgehead atoms. The first-order valence-electron chi connectivity index (χ1n) is 7.27. The highest BCUT2D eigenvalue weighted by atomic mass is 16.6. The van der Waals surface area contributed by atoms with Crippen LogP contribution in [0.2, 0.25) is 0 Å². The predicted octanol–water partition coefficient (Wildman–Crippen LogP) is 3.52. The van der Waals surface area contributed by atoms with Gasteiger partial charge in [-0.3, -0.25) is 4.79 Å². The van der Waals surface area contributed by atoms with Crippen LogP contribution in [-0.2, 0) is 0 Å². The quantitative estimate of drug-likeness (QED) is 0.444. The van der Waals surface area contributed by atoms with E-state index in [-0.39, 0.29) is 11.3 Å². The maximum atomic E-state index is 12.5. The Balaban J connectivity index is 2.32. The van der Waals surface area contributed by atoms with Gasteiger partial charge in [-0.2, -0.15) is 0 Å². The highest BCUT2D eigenvalue weighted by Crippen LogP contribution is 2.31. The first kappa shape index (κ1) is 16.5. The summed E-state index contributed by atoms with van der Waals surface area (Å²) in [6.45, 7) is 2.48. The molecule has 0 saturated carbocycles. The molecule has 2 aromatic rings. The van der Waals surface area contributed by atoms with Crippen molar-refractivity contribution in [1.82, 2.24) is 0 Å². The van der Waals surface area contributed by atoms with Crippen LogP contribution in [0, 0.1) is 0 Å². The van der Waals surface area contributed by atoms with E-state index >= 15 is 0 Å². The molecule has 0 aliphatic heterocycles. The van der Waals surface area contributed by atoms with Crippen molar-refractivity contribution in [3.8, 4) is 17.2 Å². The predicted molar refractivity (Wildman–Crippen MR) is 85.6 cm³/mol. The summed E-state index contributed by atoms with van der Waals surface area (Å²) >= 11 is 0. The van der Waals surface area contributed by atoms with E-state index in [1.807, 2.05) is 6.92 Å². The maximum absolute atomic E-state index is 12.5. The fourth-order valence-electron chi connectivity index (χ4n) is 2.02. The van der Waals surface area contributed by atoms with Crippen molar-refractivity contribution in [3.05, 3.63) is 53.6 Å². The normalized spacial score (nSPS) is 10.0. The van der Waals surface area contributed by atoms with Gasteiger partial charge in [0, 0.05) is 0 Å². The van der Waals surface area contributed by atoms with Crippen LogP contribution in [-0.4, -0.2) is 26.0 Å². The first-order chi connectivity index (χ1) is 11.2. The minimum Gasteiger partial charge on any atom is -0.493 e. The second-order valence-corrected chi connectivity index (χ2v) is 4.73. The average molecular weight is 314 g/mol. The lowest BCUT2D eigenvalue weighted by Gasteiger charge is -2.13. The molecule has 5 nitrogen and oxygen atoms in total. The zero-order chi connectivity index (χ0) is 16.7. The molecule has 2 rings (SSSR count). The molecular weight excluding hydrogens is 296 g/mol. The molecule has 23 heavy (non-hydrogen) atoms. The lowest BCUT2D eigenvalue weighted by molar-refractivity contribution is 0.0724. The number of rotatable bonds is 7. The van der Waals surface area contributed by atoms with E-state index in [2.05, 4.69) is 0 Å². The number of methoxy groups -OCH3 is 1. The van der Waals surface area contributed by atoms with Gasteiger partial charge in [-0.1, -0.05) is 25.1 Å². The van der Waals surface area contributed by atoms with Gasteiger partial charge < -0.3 is 14.2 Å². The highest BCUT2D eigenvalue weighted by Gasteiger charge is 2.19. The Labute approximate surface area is 134 Å². The third-order valence-corrected chi connectivity index (χ3v) is 3.12. The van der Waals surface area contributed by atoms with Crippen LogP contribution in [0.15, 0.2) is 42.5 Å². The van der Waals surface area contributed by atoms with Crippen LogP contribution in [0.5, 0.6) is 17.2 Å². The Kier molecular flexibility index (Phi) is 5.74. The third kappa shape index (κ3) is 3.88. The second kappa shape index (κ2) is 7.98. The lowest BCUT2D eigenvalue weighted by atomic mass is 10.2. The van der Waals surface area contributed by atoms with Crippen LogP contribution in [0.3, 0.4) is 0 Å². The summed E-state index contributed by atoms with van der Waals surface area (Å²) in [5.74, 6) is 0.251. The molecular formula is C18H18O5. The SMILES string of the molecule is CCCOc1ccccc1C(=O)Oc1c(C=O)cccc1OC. The summed E-state index contributed by atoms with van der Waals surface area (Å²) in [5.41, 5.74) is 0.536. The number of carbonyl (C=O) groups excluding carboxylic acids is 2. The minimum atomic E-state index is -0.607. The van der Waals surface area contributed by atoms with Gasteiger partial charge in [0.1, 0.15) is 11.3 Å². The topological polar surface area (TPSA) is 61.8 Å². The van der Waals surface area contributed by atoms with Gasteiger partial charge >= 0.3 is 5.97 Å². The summed E-state index contributed by atoms with van der Waals surface area (Å²) < 4.78 is 16.1. The molecule has 0 aromatic heterocycles. The molecule has 0 saturated heterocycles. The van der Waals surface area contributed by atoms with Crippen LogP contribution in [0.25, 0.3) is 0 Å². The van der Waals surface area contributed by atoms with Gasteiger partial charge in [0.2, 0.25) is 0 Å². The summed E-state index contributed by atoms with van der Waals surface area (Å²) in [5, 5.41) is 0. The molecule has 0 unspecified atom stereocenters. The number of hydrogen-bond donors (Lipinski definition) is 0. The number of carbonyl (C=O) groups is 2. The molecule has 0 aliphatic carbocycles. The van der Waals surface area contributed by atoms with Gasteiger partial charge in [0.25, 0.3) is 0 Å². The van der Waals surface area contributed by atoms with E-state index in [0.717, 1.165) is 6.42 Å². The number of esters is 1. The van der Waals surface area contributed by atoms with Gasteiger partial charge in [0.05, 0.1) is 19.3 Å². The van der Waals surface area contributed by atoms with Crippen molar-refractivity contribution < 1.29 is 23.8 Å². The van der Waals surface area contributed by atoms with E-state index in [9.17, 15) is 9.59 Å². The molecule has 0 amide bonds. The van der Waals surface area contributed by atoms with Gasteiger partial charge in [-0.05, 0) is 30.7 Å². The lowest BCUT2D eigenvalue weighted by Crippen LogP contribution is -2.13. The molecule has 2 aromatic carbocycles. The van der Waals surface area contributed by atoms with Crippen LogP contribution >= 0.6 is 0 Å². The zero-order valence-electron chi connectivity index (χ0n) is 13.1. The maximum Gasteiger partial charge on any atom is 0.347 e. The minimum absolute atomic E-state index is 0.0975. The molecule has 0 fully saturated rings. The van der Waals surface area contributed by atoms with E-state index in [0.29, 0.717) is 30.0 Å². The molecule has 0 spiro atoms. The Bertz CT molecular complexity index is 694. The number of ether oxygens (including phenoxy) is 3. The van der Waals surface area contributed by atoms with Crippen molar-refractivity contribution in [2.24, 2.45) is 0 Å². The Morgan fingerprint density at radius 1 is 1.09 bits per heavy atom. The summed E-state index contributed by atoms with van der Waals surface area (Å²) in [7, 11) is 1.44. The monoisotopic (exact) mass is 314 g/mol. The van der Waals surface area contributed by atoms with Crippen LogP contribution in [0.1, 0.15) is 34.1 Å². The van der Waals surface area contributed by atoms with Crippen LogP contribution in [0.4, 0.5) is 0 Å². The smallest absolute Gasteiger partial charge is 0.347 e. The standard InChI is InChI=1S/C18H18O5/c1-3-11-22-15-9-5-4-8-14(15)18(20)23-17-13(12-19)7-6-10-16(17)21-2/h4-10,12H,3,11H2,1-2H3. The third-order valence-electron chi connectivity index (χ3n) is 3.12. The molecule has 0 N–H and O–H groups in total. The van der Waals surface area contributed by atoms with E-state index < -0.39 is 5.97 Å². The largest absolute Gasteiger partial charge is 0.493 e. The molecule has 0 atom stereocenters. The second-order valence-electron chi connectivity index (χ2n) is 4.73. The van der Waals surface area contributed by atoms with Crippen molar-refractivity contribution >= 4 is 12.3 Å². The van der Waals surface area contributed by atoms with Crippen molar-refractivity contribution in [1.29, 1.82) is 0 Å². The fraction of sp³-hybridized carbons (Fsp3) is 0.222. The molecule has 0 heterocycles. The number of aldehydes is 1. The number of hydrogen-bond acceptors (Lipinski definition) is 5. The zero-order valence-corrected chi connectivity index (χ0v) is 13.1. The van der Waals surface area contributed by atoms with E-state index in [1.165, 1.54) is 7.11 Å². The van der Waals surface area contributed by atoms with Gasteiger partial charge in [-0.25, -0.2) is 4.79 Å². The average Bonchev–Trinajstić information content (AvgIpc) is 2.60. The Hall–Kier alpha value is -2.82. The molecule has 0 aliphatic rings. The molecule has 5 heteroatoms. The number of benzene rings is 2. The Morgan fingerprint density at radius 3 is 2.52 bits per heavy atom. The van der Waals surface area contributed by atoms with Crippen molar-refractivity contribution in [2.45, 2.75) is 13.3 Å². The summed E-state index contributed by atoms with van der Waals surface area (Å²) in [4.78, 5) is 23.6. The summed E-state index contributed by atoms with van der Waals surface area (Å²) in [6, 6.07) is 11.6. The Morgan fingerprint density at radius 2 is 1.83 bits per heavy atom. The van der Waals surface area contributed by atoms with Crippen molar-refractivity contribution in [3.63, 3.8) is 0 Å². The number of para-hydroxylation sites is 2. The van der Waals surface area contributed by atoms with Crippen LogP contribution < -0.4 is 14.2 Å².